The fourth-order valence-electron chi connectivity index (χ4n) is 2.60. The molecular weight excluding hydrogens is 222 g/mol. The van der Waals surface area contributed by atoms with Crippen LogP contribution in [0.4, 0.5) is 0 Å². The molecule has 2 fully saturated rings. The van der Waals surface area contributed by atoms with Crippen molar-refractivity contribution in [1.29, 1.82) is 0 Å². The van der Waals surface area contributed by atoms with Gasteiger partial charge in [0.1, 0.15) is 0 Å². The molecule has 2 heterocycles. The number of rotatable bonds is 5. The van der Waals surface area contributed by atoms with E-state index in [9.17, 15) is 4.79 Å². The zero-order valence-corrected chi connectivity index (χ0v) is 10.3. The van der Waals surface area contributed by atoms with Crippen molar-refractivity contribution in [2.45, 2.75) is 31.4 Å². The van der Waals surface area contributed by atoms with Gasteiger partial charge in [0.15, 0.2) is 0 Å². The summed E-state index contributed by atoms with van der Waals surface area (Å²) >= 11 is 0. The molecule has 0 aromatic rings. The predicted molar refractivity (Wildman–Crippen MR) is 62.0 cm³/mol. The molecule has 98 valence electrons. The van der Waals surface area contributed by atoms with Crippen molar-refractivity contribution < 1.29 is 19.4 Å². The van der Waals surface area contributed by atoms with Gasteiger partial charge < -0.3 is 19.5 Å². The molecule has 0 saturated carbocycles. The zero-order chi connectivity index (χ0) is 12.3. The van der Waals surface area contributed by atoms with Crippen LogP contribution in [-0.4, -0.2) is 61.5 Å². The van der Waals surface area contributed by atoms with Crippen molar-refractivity contribution in [1.82, 2.24) is 4.90 Å². The summed E-state index contributed by atoms with van der Waals surface area (Å²) in [5.41, 5.74) is 0. The van der Waals surface area contributed by atoms with Gasteiger partial charge in [0, 0.05) is 19.2 Å². The molecule has 1 N–H and O–H groups in total. The van der Waals surface area contributed by atoms with Crippen LogP contribution in [0.1, 0.15) is 19.3 Å². The molecule has 5 heteroatoms. The Hall–Kier alpha value is -0.650. The third kappa shape index (κ3) is 3.18. The Morgan fingerprint density at radius 3 is 2.94 bits per heavy atom. The maximum atomic E-state index is 11.0. The molecule has 2 saturated heterocycles. The molecular formula is C12H21NO4. The zero-order valence-electron chi connectivity index (χ0n) is 10.3. The first-order valence-corrected chi connectivity index (χ1v) is 6.31. The molecule has 0 aromatic heterocycles. The van der Waals surface area contributed by atoms with E-state index in [1.807, 2.05) is 7.05 Å². The normalized spacial score (nSPS) is 33.4. The monoisotopic (exact) mass is 243 g/mol. The summed E-state index contributed by atoms with van der Waals surface area (Å²) in [7, 11) is 1.98. The first-order chi connectivity index (χ1) is 8.18. The Balaban J connectivity index is 1.77. The lowest BCUT2D eigenvalue weighted by atomic mass is 10.0. The Morgan fingerprint density at radius 2 is 2.29 bits per heavy atom. The third-order valence-corrected chi connectivity index (χ3v) is 3.76. The van der Waals surface area contributed by atoms with Gasteiger partial charge in [0.2, 0.25) is 0 Å². The molecule has 0 radical (unpaired) electrons. The van der Waals surface area contributed by atoms with Crippen molar-refractivity contribution in [2.24, 2.45) is 5.92 Å². The van der Waals surface area contributed by atoms with E-state index in [2.05, 4.69) is 4.90 Å². The molecule has 3 atom stereocenters. The number of nitrogens with zero attached hydrogens (tertiary/aromatic N) is 1. The summed E-state index contributed by atoms with van der Waals surface area (Å²) < 4.78 is 10.8. The van der Waals surface area contributed by atoms with E-state index < -0.39 is 5.97 Å². The van der Waals surface area contributed by atoms with E-state index >= 15 is 0 Å². The predicted octanol–water partition coefficient (Wildman–Crippen LogP) is 0.587. The molecule has 17 heavy (non-hydrogen) atoms. The van der Waals surface area contributed by atoms with Crippen LogP contribution >= 0.6 is 0 Å². The van der Waals surface area contributed by atoms with Crippen LogP contribution in [0.2, 0.25) is 0 Å². The fraction of sp³-hybridized carbons (Fsp3) is 0.917. The van der Waals surface area contributed by atoms with E-state index in [-0.39, 0.29) is 12.0 Å². The van der Waals surface area contributed by atoms with Gasteiger partial charge in [-0.2, -0.15) is 0 Å². The van der Waals surface area contributed by atoms with Crippen molar-refractivity contribution in [3.63, 3.8) is 0 Å². The maximum absolute atomic E-state index is 11.0. The lowest BCUT2D eigenvalue weighted by Crippen LogP contribution is -2.41. The highest BCUT2D eigenvalue weighted by Crippen LogP contribution is 2.21. The Morgan fingerprint density at radius 1 is 1.47 bits per heavy atom. The highest BCUT2D eigenvalue weighted by molar-refractivity contribution is 5.71. The fourth-order valence-corrected chi connectivity index (χ4v) is 2.60. The van der Waals surface area contributed by atoms with Crippen LogP contribution in [0.3, 0.4) is 0 Å². The number of ether oxygens (including phenoxy) is 2. The van der Waals surface area contributed by atoms with E-state index in [0.717, 1.165) is 32.4 Å². The van der Waals surface area contributed by atoms with Crippen LogP contribution in [-0.2, 0) is 14.3 Å². The highest BCUT2D eigenvalue weighted by Gasteiger charge is 2.36. The van der Waals surface area contributed by atoms with Crippen LogP contribution in [0.15, 0.2) is 0 Å². The van der Waals surface area contributed by atoms with Gasteiger partial charge in [-0.3, -0.25) is 4.79 Å². The lowest BCUT2D eigenvalue weighted by molar-refractivity contribution is -0.143. The number of carboxylic acid groups (broad SMARTS) is 1. The van der Waals surface area contributed by atoms with E-state index in [0.29, 0.717) is 19.3 Å². The number of carbonyl (C=O) groups is 1. The molecule has 5 nitrogen and oxygen atoms in total. The van der Waals surface area contributed by atoms with Crippen molar-refractivity contribution in [3.05, 3.63) is 0 Å². The van der Waals surface area contributed by atoms with Gasteiger partial charge in [-0.1, -0.05) is 0 Å². The molecule has 0 aliphatic carbocycles. The van der Waals surface area contributed by atoms with E-state index in [1.54, 1.807) is 0 Å². The average Bonchev–Trinajstić information content (AvgIpc) is 2.96. The maximum Gasteiger partial charge on any atom is 0.310 e. The Bertz CT molecular complexity index is 265. The Kier molecular flexibility index (Phi) is 4.36. The van der Waals surface area contributed by atoms with Gasteiger partial charge in [-0.05, 0) is 26.3 Å². The largest absolute Gasteiger partial charge is 0.481 e. The van der Waals surface area contributed by atoms with Crippen molar-refractivity contribution in [3.8, 4) is 0 Å². The van der Waals surface area contributed by atoms with Crippen molar-refractivity contribution >= 4 is 5.97 Å². The summed E-state index contributed by atoms with van der Waals surface area (Å²) in [6, 6.07) is 0.00824. The minimum atomic E-state index is -0.753. The van der Waals surface area contributed by atoms with Crippen LogP contribution < -0.4 is 0 Å². The van der Waals surface area contributed by atoms with Crippen molar-refractivity contribution in [2.75, 3.05) is 33.4 Å². The number of carboxylic acids is 1. The SMILES string of the molecule is CN(CCC1CCCO1)C1COCC1C(=O)O. The molecule has 2 rings (SSSR count). The second-order valence-corrected chi connectivity index (χ2v) is 4.95. The summed E-state index contributed by atoms with van der Waals surface area (Å²) in [5.74, 6) is -1.14. The summed E-state index contributed by atoms with van der Waals surface area (Å²) in [6.07, 6.45) is 3.64. The minimum Gasteiger partial charge on any atom is -0.481 e. The number of aliphatic carboxylic acids is 1. The first-order valence-electron chi connectivity index (χ1n) is 6.31. The minimum absolute atomic E-state index is 0.00824. The van der Waals surface area contributed by atoms with E-state index in [1.165, 1.54) is 0 Å². The summed E-state index contributed by atoms with van der Waals surface area (Å²) in [6.45, 7) is 2.62. The molecule has 0 spiro atoms. The number of hydrogen-bond acceptors (Lipinski definition) is 4. The second kappa shape index (κ2) is 5.80. The first kappa shape index (κ1) is 12.8. The van der Waals surface area contributed by atoms with Crippen LogP contribution in [0.5, 0.6) is 0 Å². The van der Waals surface area contributed by atoms with Gasteiger partial charge >= 0.3 is 5.97 Å². The highest BCUT2D eigenvalue weighted by atomic mass is 16.5. The Labute approximate surface area is 102 Å². The molecule has 0 aromatic carbocycles. The van der Waals surface area contributed by atoms with Gasteiger partial charge in [0.25, 0.3) is 0 Å². The third-order valence-electron chi connectivity index (χ3n) is 3.76. The molecule has 0 bridgehead atoms. The van der Waals surface area contributed by atoms with Gasteiger partial charge in [-0.25, -0.2) is 0 Å². The number of likely N-dealkylation sites (N-methyl/N-ethyl adjacent to an activating group) is 1. The summed E-state index contributed by atoms with van der Waals surface area (Å²) in [5, 5.41) is 9.08. The average molecular weight is 243 g/mol. The molecule has 2 aliphatic rings. The molecule has 0 amide bonds. The standard InChI is InChI=1S/C12H21NO4/c1-13(5-4-9-3-2-6-17-9)11-8-16-7-10(11)12(14)15/h9-11H,2-8H2,1H3,(H,14,15). The van der Waals surface area contributed by atoms with Crippen LogP contribution in [0, 0.1) is 5.92 Å². The smallest absolute Gasteiger partial charge is 0.310 e. The molecule has 2 aliphatic heterocycles. The van der Waals surface area contributed by atoms with E-state index in [4.69, 9.17) is 14.6 Å². The van der Waals surface area contributed by atoms with Gasteiger partial charge in [-0.15, -0.1) is 0 Å². The molecule has 3 unspecified atom stereocenters. The second-order valence-electron chi connectivity index (χ2n) is 4.95. The van der Waals surface area contributed by atoms with Crippen LogP contribution in [0.25, 0.3) is 0 Å². The van der Waals surface area contributed by atoms with Gasteiger partial charge in [0.05, 0.1) is 25.2 Å². The number of hydrogen-bond donors (Lipinski definition) is 1. The topological polar surface area (TPSA) is 59.0 Å². The summed E-state index contributed by atoms with van der Waals surface area (Å²) in [4.78, 5) is 13.2. The quantitative estimate of drug-likeness (QED) is 0.765. The lowest BCUT2D eigenvalue weighted by Gasteiger charge is -2.26.